The molecule has 0 aliphatic carbocycles. The van der Waals surface area contributed by atoms with Gasteiger partial charge in [-0.1, -0.05) is 30.0 Å². The third-order valence-electron chi connectivity index (χ3n) is 2.20. The molecular weight excluding hydrogens is 248 g/mol. The van der Waals surface area contributed by atoms with Crippen LogP contribution in [0.25, 0.3) is 0 Å². The summed E-state index contributed by atoms with van der Waals surface area (Å²) in [6.07, 6.45) is 0.158. The van der Waals surface area contributed by atoms with Crippen LogP contribution in [0.1, 0.15) is 24.4 Å². The molecule has 0 saturated carbocycles. The van der Waals surface area contributed by atoms with Crippen LogP contribution in [0.15, 0.2) is 29.2 Å². The Bertz CT molecular complexity index is 387. The molecule has 0 amide bonds. The fraction of sp³-hybridized carbons (Fsp3) is 0.364. The molecule has 17 heavy (non-hydrogen) atoms. The Kier molecular flexibility index (Phi) is 5.37. The van der Waals surface area contributed by atoms with Crippen molar-refractivity contribution < 1.29 is 18.7 Å². The summed E-state index contributed by atoms with van der Waals surface area (Å²) in [5.74, 6) is -3.46. The monoisotopic (exact) mass is 261 g/mol. The van der Waals surface area contributed by atoms with Crippen molar-refractivity contribution in [2.45, 2.75) is 29.5 Å². The van der Waals surface area contributed by atoms with Crippen molar-refractivity contribution in [1.29, 1.82) is 0 Å². The van der Waals surface area contributed by atoms with E-state index >= 15 is 0 Å². The van der Waals surface area contributed by atoms with Gasteiger partial charge in [0.25, 0.3) is 5.76 Å². The average molecular weight is 261 g/mol. The summed E-state index contributed by atoms with van der Waals surface area (Å²) in [5, 5.41) is 8.54. The van der Waals surface area contributed by atoms with Gasteiger partial charge in [-0.15, -0.1) is 0 Å². The highest BCUT2D eigenvalue weighted by atomic mass is 32.2. The Morgan fingerprint density at radius 2 is 2.06 bits per heavy atom. The summed E-state index contributed by atoms with van der Waals surface area (Å²) in [6.45, 7) is 0. The zero-order valence-corrected chi connectivity index (χ0v) is 9.79. The van der Waals surface area contributed by atoms with E-state index in [2.05, 4.69) is 0 Å². The lowest BCUT2D eigenvalue weighted by atomic mass is 10.0. The number of halogens is 2. The lowest BCUT2D eigenvalue weighted by Crippen LogP contribution is -2.13. The van der Waals surface area contributed by atoms with Crippen molar-refractivity contribution in [3.05, 3.63) is 29.8 Å². The van der Waals surface area contributed by atoms with Crippen LogP contribution in [-0.4, -0.2) is 16.8 Å². The second-order valence-electron chi connectivity index (χ2n) is 3.46. The fourth-order valence-electron chi connectivity index (χ4n) is 1.42. The van der Waals surface area contributed by atoms with Gasteiger partial charge < -0.3 is 10.8 Å². The molecule has 3 N–H and O–H groups in total. The maximum Gasteiger partial charge on any atom is 0.303 e. The molecule has 0 heterocycles. The molecule has 94 valence electrons. The highest BCUT2D eigenvalue weighted by Crippen LogP contribution is 2.32. The number of carbonyl (C=O) groups is 1. The number of hydrogen-bond acceptors (Lipinski definition) is 3. The van der Waals surface area contributed by atoms with E-state index in [-0.39, 0.29) is 12.8 Å². The standard InChI is InChI=1S/C11H13F2NO2S/c12-11(13)17-9-4-2-1-3-7(9)8(14)5-6-10(15)16/h1-4,8,11H,5-6,14H2,(H,15,16). The number of alkyl halides is 2. The predicted molar refractivity (Wildman–Crippen MR) is 62.1 cm³/mol. The molecule has 0 aliphatic heterocycles. The molecule has 0 saturated heterocycles. The van der Waals surface area contributed by atoms with Crippen LogP contribution in [0.2, 0.25) is 0 Å². The summed E-state index contributed by atoms with van der Waals surface area (Å²) in [7, 11) is 0. The van der Waals surface area contributed by atoms with Crippen molar-refractivity contribution in [3.8, 4) is 0 Å². The first-order chi connectivity index (χ1) is 8.00. The van der Waals surface area contributed by atoms with Crippen LogP contribution in [-0.2, 0) is 4.79 Å². The van der Waals surface area contributed by atoms with Gasteiger partial charge >= 0.3 is 5.97 Å². The van der Waals surface area contributed by atoms with Crippen molar-refractivity contribution in [1.82, 2.24) is 0 Å². The van der Waals surface area contributed by atoms with E-state index in [0.29, 0.717) is 22.2 Å². The van der Waals surface area contributed by atoms with Crippen LogP contribution in [0.3, 0.4) is 0 Å². The minimum atomic E-state index is -2.51. The summed E-state index contributed by atoms with van der Waals surface area (Å²) in [4.78, 5) is 10.8. The lowest BCUT2D eigenvalue weighted by Gasteiger charge is -2.14. The Balaban J connectivity index is 2.77. The van der Waals surface area contributed by atoms with Gasteiger partial charge in [0.15, 0.2) is 0 Å². The van der Waals surface area contributed by atoms with Gasteiger partial charge in [0.1, 0.15) is 0 Å². The molecule has 0 bridgehead atoms. The molecule has 0 spiro atoms. The van der Waals surface area contributed by atoms with Crippen LogP contribution >= 0.6 is 11.8 Å². The molecular formula is C11H13F2NO2S. The number of aliphatic carboxylic acids is 1. The van der Waals surface area contributed by atoms with Crippen LogP contribution in [0.4, 0.5) is 8.78 Å². The minimum Gasteiger partial charge on any atom is -0.481 e. The minimum absolute atomic E-state index is 0.0746. The van der Waals surface area contributed by atoms with E-state index in [4.69, 9.17) is 10.8 Å². The molecule has 0 aromatic heterocycles. The quantitative estimate of drug-likeness (QED) is 0.773. The SMILES string of the molecule is NC(CCC(=O)O)c1ccccc1SC(F)F. The van der Waals surface area contributed by atoms with E-state index in [9.17, 15) is 13.6 Å². The topological polar surface area (TPSA) is 63.3 Å². The maximum atomic E-state index is 12.3. The van der Waals surface area contributed by atoms with Gasteiger partial charge in [-0.05, 0) is 18.1 Å². The summed E-state index contributed by atoms with van der Waals surface area (Å²) < 4.78 is 24.6. The number of carboxylic acid groups (broad SMARTS) is 1. The zero-order valence-electron chi connectivity index (χ0n) is 8.98. The molecule has 1 rings (SSSR count). The molecule has 1 aromatic rings. The number of benzene rings is 1. The zero-order chi connectivity index (χ0) is 12.8. The molecule has 1 atom stereocenters. The normalized spacial score (nSPS) is 12.7. The molecule has 3 nitrogen and oxygen atoms in total. The van der Waals surface area contributed by atoms with E-state index in [1.165, 1.54) is 0 Å². The van der Waals surface area contributed by atoms with E-state index < -0.39 is 17.8 Å². The predicted octanol–water partition coefficient (Wildman–Crippen LogP) is 2.87. The Morgan fingerprint density at radius 1 is 1.41 bits per heavy atom. The Labute approximate surface area is 102 Å². The summed E-state index contributed by atoms with van der Waals surface area (Å²) >= 11 is 0.427. The Morgan fingerprint density at radius 3 is 2.65 bits per heavy atom. The molecule has 0 fully saturated rings. The average Bonchev–Trinajstić information content (AvgIpc) is 2.25. The van der Waals surface area contributed by atoms with E-state index in [1.807, 2.05) is 0 Å². The second kappa shape index (κ2) is 6.56. The van der Waals surface area contributed by atoms with Gasteiger partial charge in [-0.25, -0.2) is 0 Å². The Hall–Kier alpha value is -1.14. The highest BCUT2D eigenvalue weighted by molar-refractivity contribution is 7.99. The van der Waals surface area contributed by atoms with Crippen LogP contribution in [0.5, 0.6) is 0 Å². The first kappa shape index (κ1) is 13.9. The maximum absolute atomic E-state index is 12.3. The molecule has 1 aromatic carbocycles. The van der Waals surface area contributed by atoms with Gasteiger partial charge in [0.2, 0.25) is 0 Å². The number of thioether (sulfide) groups is 1. The fourth-order valence-corrected chi connectivity index (χ4v) is 2.13. The van der Waals surface area contributed by atoms with E-state index in [0.717, 1.165) is 0 Å². The van der Waals surface area contributed by atoms with Gasteiger partial charge in [0, 0.05) is 17.4 Å². The summed E-state index contributed by atoms with van der Waals surface area (Å²) in [5.41, 5.74) is 6.37. The van der Waals surface area contributed by atoms with Crippen LogP contribution in [0, 0.1) is 0 Å². The third kappa shape index (κ3) is 4.70. The number of rotatable bonds is 6. The van der Waals surface area contributed by atoms with Gasteiger partial charge in [-0.2, -0.15) is 8.78 Å². The highest BCUT2D eigenvalue weighted by Gasteiger charge is 2.15. The van der Waals surface area contributed by atoms with Crippen molar-refractivity contribution in [2.24, 2.45) is 5.73 Å². The molecule has 1 unspecified atom stereocenters. The van der Waals surface area contributed by atoms with Crippen molar-refractivity contribution in [2.75, 3.05) is 0 Å². The number of nitrogens with two attached hydrogens (primary N) is 1. The molecule has 6 heteroatoms. The smallest absolute Gasteiger partial charge is 0.303 e. The van der Waals surface area contributed by atoms with Gasteiger partial charge in [-0.3, -0.25) is 4.79 Å². The van der Waals surface area contributed by atoms with Crippen molar-refractivity contribution in [3.63, 3.8) is 0 Å². The third-order valence-corrected chi connectivity index (χ3v) is 3.01. The lowest BCUT2D eigenvalue weighted by molar-refractivity contribution is -0.137. The first-order valence-electron chi connectivity index (χ1n) is 5.02. The first-order valence-corrected chi connectivity index (χ1v) is 5.89. The van der Waals surface area contributed by atoms with E-state index in [1.54, 1.807) is 24.3 Å². The summed E-state index contributed by atoms with van der Waals surface area (Å²) in [6, 6.07) is 6.03. The van der Waals surface area contributed by atoms with Crippen molar-refractivity contribution >= 4 is 17.7 Å². The molecule has 0 aliphatic rings. The second-order valence-corrected chi connectivity index (χ2v) is 4.49. The largest absolute Gasteiger partial charge is 0.481 e. The number of carboxylic acids is 1. The van der Waals surface area contributed by atoms with Gasteiger partial charge in [0.05, 0.1) is 0 Å². The number of hydrogen-bond donors (Lipinski definition) is 2. The van der Waals surface area contributed by atoms with Crippen LogP contribution < -0.4 is 5.73 Å². The molecule has 0 radical (unpaired) electrons.